The van der Waals surface area contributed by atoms with E-state index in [1.54, 1.807) is 24.7 Å². The number of hydrogen-bond donors (Lipinski definition) is 0. The molecule has 0 bridgehead atoms. The average molecular weight is 195 g/mol. The zero-order chi connectivity index (χ0) is 9.10. The molecule has 0 fully saturated rings. The summed E-state index contributed by atoms with van der Waals surface area (Å²) in [5.41, 5.74) is 0.943. The van der Waals surface area contributed by atoms with Crippen molar-refractivity contribution < 1.29 is 9.15 Å². The molecule has 0 aliphatic heterocycles. The van der Waals surface area contributed by atoms with Crippen LogP contribution in [-0.2, 0) is 11.3 Å². The Kier molecular flexibility index (Phi) is 2.42. The lowest BCUT2D eigenvalue weighted by Crippen LogP contribution is -1.86. The third-order valence-electron chi connectivity index (χ3n) is 1.58. The molecule has 2 aromatic rings. The molecule has 0 amide bonds. The minimum Gasteiger partial charge on any atom is -0.462 e. The molecule has 0 spiro atoms. The molecule has 2 rings (SSSR count). The van der Waals surface area contributed by atoms with Gasteiger partial charge in [-0.15, -0.1) is 11.3 Å². The molecule has 0 N–H and O–H groups in total. The average Bonchev–Trinajstić information content (AvgIpc) is 2.70. The number of methoxy groups -OCH3 is 1. The molecule has 13 heavy (non-hydrogen) atoms. The summed E-state index contributed by atoms with van der Waals surface area (Å²) in [5, 5.41) is 2.87. The molecule has 4 heteroatoms. The first-order chi connectivity index (χ1) is 6.40. The minimum absolute atomic E-state index is 0.553. The van der Waals surface area contributed by atoms with Gasteiger partial charge in [0.25, 0.3) is 0 Å². The molecule has 2 heterocycles. The predicted octanol–water partition coefficient (Wildman–Crippen LogP) is 2.55. The fourth-order valence-corrected chi connectivity index (χ4v) is 1.81. The number of thiazole rings is 1. The van der Waals surface area contributed by atoms with Gasteiger partial charge in [0.05, 0.1) is 18.6 Å². The summed E-state index contributed by atoms with van der Waals surface area (Å²) in [6, 6.07) is 3.75. The Morgan fingerprint density at radius 1 is 1.62 bits per heavy atom. The predicted molar refractivity (Wildman–Crippen MR) is 50.5 cm³/mol. The lowest BCUT2D eigenvalue weighted by molar-refractivity contribution is 0.182. The van der Waals surface area contributed by atoms with Crippen LogP contribution in [0.25, 0.3) is 10.8 Å². The third kappa shape index (κ3) is 1.79. The molecule has 3 nitrogen and oxygen atoms in total. The van der Waals surface area contributed by atoms with Crippen LogP contribution in [0, 0.1) is 0 Å². The van der Waals surface area contributed by atoms with E-state index in [1.807, 2.05) is 17.5 Å². The van der Waals surface area contributed by atoms with E-state index in [0.29, 0.717) is 6.61 Å². The van der Waals surface area contributed by atoms with E-state index in [1.165, 1.54) is 0 Å². The minimum atomic E-state index is 0.553. The maximum atomic E-state index is 5.22. The van der Waals surface area contributed by atoms with Crippen LogP contribution >= 0.6 is 11.3 Å². The normalized spacial score (nSPS) is 10.5. The topological polar surface area (TPSA) is 35.3 Å². The summed E-state index contributed by atoms with van der Waals surface area (Å²) in [5.74, 6) is 0.812. The van der Waals surface area contributed by atoms with Crippen molar-refractivity contribution in [1.29, 1.82) is 0 Å². The van der Waals surface area contributed by atoms with Gasteiger partial charge in [-0.05, 0) is 12.1 Å². The Balaban J connectivity index is 2.23. The monoisotopic (exact) mass is 195 g/mol. The van der Waals surface area contributed by atoms with Crippen molar-refractivity contribution in [3.05, 3.63) is 29.5 Å². The molecule has 2 aromatic heterocycles. The number of rotatable bonds is 3. The fraction of sp³-hybridized carbons (Fsp3) is 0.222. The zero-order valence-electron chi connectivity index (χ0n) is 7.19. The van der Waals surface area contributed by atoms with Gasteiger partial charge >= 0.3 is 0 Å². The van der Waals surface area contributed by atoms with E-state index < -0.39 is 0 Å². The number of ether oxygens (including phenoxy) is 1. The van der Waals surface area contributed by atoms with Crippen molar-refractivity contribution in [3.8, 4) is 10.8 Å². The number of hydrogen-bond acceptors (Lipinski definition) is 4. The van der Waals surface area contributed by atoms with Crippen LogP contribution in [-0.4, -0.2) is 12.1 Å². The summed E-state index contributed by atoms with van der Waals surface area (Å²) in [6.45, 7) is 0.553. The molecule has 0 aromatic carbocycles. The smallest absolute Gasteiger partial charge is 0.162 e. The van der Waals surface area contributed by atoms with Gasteiger partial charge in [-0.3, -0.25) is 0 Å². The maximum Gasteiger partial charge on any atom is 0.162 e. The Bertz CT molecular complexity index is 367. The van der Waals surface area contributed by atoms with Gasteiger partial charge in [-0.2, -0.15) is 0 Å². The molecule has 0 aliphatic carbocycles. The summed E-state index contributed by atoms with van der Waals surface area (Å²) in [7, 11) is 1.66. The fourth-order valence-electron chi connectivity index (χ4n) is 1.03. The molecular weight excluding hydrogens is 186 g/mol. The number of furan rings is 1. The lowest BCUT2D eigenvalue weighted by atomic mass is 10.4. The Morgan fingerprint density at radius 3 is 3.23 bits per heavy atom. The highest BCUT2D eigenvalue weighted by atomic mass is 32.1. The molecule has 0 aliphatic rings. The van der Waals surface area contributed by atoms with Crippen molar-refractivity contribution in [2.45, 2.75) is 6.61 Å². The first-order valence-electron chi connectivity index (χ1n) is 3.87. The van der Waals surface area contributed by atoms with Crippen LogP contribution < -0.4 is 0 Å². The van der Waals surface area contributed by atoms with Crippen molar-refractivity contribution in [2.75, 3.05) is 7.11 Å². The van der Waals surface area contributed by atoms with E-state index in [2.05, 4.69) is 4.98 Å². The molecule has 68 valence electrons. The van der Waals surface area contributed by atoms with Crippen molar-refractivity contribution in [2.24, 2.45) is 0 Å². The Labute approximate surface area is 80.0 Å². The van der Waals surface area contributed by atoms with Gasteiger partial charge < -0.3 is 9.15 Å². The SMILES string of the molecule is COCc1csc(-c2ccco2)n1. The summed E-state index contributed by atoms with van der Waals surface area (Å²) in [6.07, 6.45) is 1.65. The highest BCUT2D eigenvalue weighted by Gasteiger charge is 2.05. The molecule has 0 saturated heterocycles. The molecular formula is C9H9NO2S. The van der Waals surface area contributed by atoms with Gasteiger partial charge in [0.15, 0.2) is 10.8 Å². The highest BCUT2D eigenvalue weighted by molar-refractivity contribution is 7.13. The van der Waals surface area contributed by atoms with Crippen LogP contribution in [0.1, 0.15) is 5.69 Å². The third-order valence-corrected chi connectivity index (χ3v) is 2.48. The quantitative estimate of drug-likeness (QED) is 0.755. The van der Waals surface area contributed by atoms with E-state index in [4.69, 9.17) is 9.15 Å². The first-order valence-corrected chi connectivity index (χ1v) is 4.75. The molecule has 0 radical (unpaired) electrons. The standard InChI is InChI=1S/C9H9NO2S/c1-11-5-7-6-13-9(10-7)8-3-2-4-12-8/h2-4,6H,5H2,1H3. The van der Waals surface area contributed by atoms with E-state index in [-0.39, 0.29) is 0 Å². The molecule has 0 atom stereocenters. The van der Waals surface area contributed by atoms with Crippen molar-refractivity contribution >= 4 is 11.3 Å². The maximum absolute atomic E-state index is 5.22. The second kappa shape index (κ2) is 3.72. The second-order valence-electron chi connectivity index (χ2n) is 2.55. The van der Waals surface area contributed by atoms with E-state index in [0.717, 1.165) is 16.5 Å². The lowest BCUT2D eigenvalue weighted by Gasteiger charge is -1.90. The van der Waals surface area contributed by atoms with E-state index >= 15 is 0 Å². The first kappa shape index (κ1) is 8.47. The molecule has 0 saturated carbocycles. The van der Waals surface area contributed by atoms with Crippen LogP contribution in [0.3, 0.4) is 0 Å². The van der Waals surface area contributed by atoms with Gasteiger partial charge in [-0.1, -0.05) is 0 Å². The van der Waals surface area contributed by atoms with Crippen LogP contribution in [0.15, 0.2) is 28.2 Å². The molecule has 0 unspecified atom stereocenters. The Morgan fingerprint density at radius 2 is 2.54 bits per heavy atom. The summed E-state index contributed by atoms with van der Waals surface area (Å²) >= 11 is 1.56. The highest BCUT2D eigenvalue weighted by Crippen LogP contribution is 2.23. The van der Waals surface area contributed by atoms with Crippen LogP contribution in [0.5, 0.6) is 0 Å². The van der Waals surface area contributed by atoms with Crippen LogP contribution in [0.4, 0.5) is 0 Å². The summed E-state index contributed by atoms with van der Waals surface area (Å²) in [4.78, 5) is 4.34. The van der Waals surface area contributed by atoms with Gasteiger partial charge in [0.1, 0.15) is 0 Å². The van der Waals surface area contributed by atoms with Gasteiger partial charge in [0, 0.05) is 12.5 Å². The van der Waals surface area contributed by atoms with Gasteiger partial charge in [-0.25, -0.2) is 4.98 Å². The second-order valence-corrected chi connectivity index (χ2v) is 3.41. The van der Waals surface area contributed by atoms with Crippen molar-refractivity contribution in [3.63, 3.8) is 0 Å². The number of aromatic nitrogens is 1. The van der Waals surface area contributed by atoms with E-state index in [9.17, 15) is 0 Å². The zero-order valence-corrected chi connectivity index (χ0v) is 8.00. The number of nitrogens with zero attached hydrogens (tertiary/aromatic N) is 1. The summed E-state index contributed by atoms with van der Waals surface area (Å²) < 4.78 is 10.2. The Hall–Kier alpha value is -1.13. The van der Waals surface area contributed by atoms with Crippen molar-refractivity contribution in [1.82, 2.24) is 4.98 Å². The van der Waals surface area contributed by atoms with Crippen LogP contribution in [0.2, 0.25) is 0 Å². The van der Waals surface area contributed by atoms with Gasteiger partial charge in [0.2, 0.25) is 0 Å². The largest absolute Gasteiger partial charge is 0.462 e.